The Labute approximate surface area is 265 Å². The van der Waals surface area contributed by atoms with E-state index in [0.717, 1.165) is 35.2 Å². The number of ether oxygens (including phenoxy) is 2. The van der Waals surface area contributed by atoms with E-state index in [4.69, 9.17) is 9.47 Å². The molecule has 0 aliphatic carbocycles. The summed E-state index contributed by atoms with van der Waals surface area (Å²) in [5.41, 5.74) is 4.43. The molecule has 238 valence electrons. The van der Waals surface area contributed by atoms with Crippen molar-refractivity contribution in [3.63, 3.8) is 0 Å². The smallest absolute Gasteiger partial charge is 0.412 e. The average molecular weight is 625 g/mol. The number of benzene rings is 2. The Bertz CT molecular complexity index is 1840. The number of likely N-dealkylation sites (tertiary alicyclic amines) is 2. The van der Waals surface area contributed by atoms with E-state index in [0.29, 0.717) is 55.7 Å². The molecule has 12 nitrogen and oxygen atoms in total. The van der Waals surface area contributed by atoms with Crippen molar-refractivity contribution in [1.29, 1.82) is 0 Å². The lowest BCUT2D eigenvalue weighted by Crippen LogP contribution is -2.51. The van der Waals surface area contributed by atoms with E-state index in [-0.39, 0.29) is 23.9 Å². The largest absolute Gasteiger partial charge is 0.438 e. The molecule has 2 fully saturated rings. The maximum absolute atomic E-state index is 14.0. The van der Waals surface area contributed by atoms with E-state index in [9.17, 15) is 19.2 Å². The summed E-state index contributed by atoms with van der Waals surface area (Å²) in [6.45, 7) is 3.54. The van der Waals surface area contributed by atoms with Gasteiger partial charge in [0.25, 0.3) is 5.91 Å². The molecular formula is C34H36N6O6. The molecule has 0 bridgehead atoms. The lowest BCUT2D eigenvalue weighted by molar-refractivity contribution is -0.142. The SMILES string of the molecule is Cc1cc(CC(OC(=O)N2CCC3(CC2)OC(=O)Nc2ccccc23)C(=O)N2CCC(c3ccccn3)CC2)cc2[nH]c(=O)[nH]c12. The third-order valence-corrected chi connectivity index (χ3v) is 9.51. The Balaban J connectivity index is 1.08. The Morgan fingerprint density at radius 3 is 2.52 bits per heavy atom. The van der Waals surface area contributed by atoms with Crippen LogP contribution in [0.1, 0.15) is 54.0 Å². The van der Waals surface area contributed by atoms with Crippen LogP contribution in [-0.4, -0.2) is 75.1 Å². The number of amides is 3. The average Bonchev–Trinajstić information content (AvgIpc) is 3.45. The molecule has 0 radical (unpaired) electrons. The van der Waals surface area contributed by atoms with Gasteiger partial charge in [-0.1, -0.05) is 30.3 Å². The number of para-hydroxylation sites is 1. The van der Waals surface area contributed by atoms with Crippen molar-refractivity contribution < 1.29 is 23.9 Å². The van der Waals surface area contributed by atoms with Crippen LogP contribution in [-0.2, 0) is 26.3 Å². The first-order valence-corrected chi connectivity index (χ1v) is 15.7. The highest BCUT2D eigenvalue weighted by atomic mass is 16.6. The second kappa shape index (κ2) is 12.0. The van der Waals surface area contributed by atoms with Crippen LogP contribution in [0, 0.1) is 6.92 Å². The number of aromatic amines is 2. The maximum atomic E-state index is 14.0. The molecule has 1 unspecified atom stereocenters. The molecule has 0 saturated carbocycles. The molecule has 3 amide bonds. The molecular weight excluding hydrogens is 588 g/mol. The van der Waals surface area contributed by atoms with Crippen molar-refractivity contribution in [3.05, 3.63) is 93.7 Å². The summed E-state index contributed by atoms with van der Waals surface area (Å²) in [7, 11) is 0. The normalized spacial score (nSPS) is 18.5. The zero-order valence-electron chi connectivity index (χ0n) is 25.6. The van der Waals surface area contributed by atoms with E-state index in [1.807, 2.05) is 61.5 Å². The van der Waals surface area contributed by atoms with Crippen LogP contribution in [0.25, 0.3) is 11.0 Å². The molecule has 3 N–H and O–H groups in total. The predicted octanol–water partition coefficient (Wildman–Crippen LogP) is 4.57. The highest BCUT2D eigenvalue weighted by molar-refractivity contribution is 5.89. The number of H-pyrrole nitrogens is 2. The number of nitrogens with zero attached hydrogens (tertiary/aromatic N) is 3. The number of piperidine rings is 2. The molecule has 46 heavy (non-hydrogen) atoms. The van der Waals surface area contributed by atoms with Crippen molar-refractivity contribution in [3.8, 4) is 0 Å². The van der Waals surface area contributed by atoms with Crippen LogP contribution in [0.5, 0.6) is 0 Å². The summed E-state index contributed by atoms with van der Waals surface area (Å²) in [6.07, 6.45) is 2.13. The number of carbonyl (C=O) groups is 3. The predicted molar refractivity (Wildman–Crippen MR) is 169 cm³/mol. The fourth-order valence-corrected chi connectivity index (χ4v) is 7.10. The highest BCUT2D eigenvalue weighted by Gasteiger charge is 2.45. The van der Waals surface area contributed by atoms with Gasteiger partial charge in [-0.3, -0.25) is 15.1 Å². The van der Waals surface area contributed by atoms with Gasteiger partial charge < -0.3 is 29.2 Å². The van der Waals surface area contributed by atoms with Crippen LogP contribution in [0.15, 0.2) is 65.6 Å². The summed E-state index contributed by atoms with van der Waals surface area (Å²) < 4.78 is 11.8. The molecule has 1 spiro atoms. The monoisotopic (exact) mass is 624 g/mol. The number of imidazole rings is 1. The number of hydrogen-bond donors (Lipinski definition) is 3. The zero-order valence-corrected chi connectivity index (χ0v) is 25.6. The van der Waals surface area contributed by atoms with Gasteiger partial charge >= 0.3 is 17.9 Å². The molecule has 3 aliphatic rings. The lowest BCUT2D eigenvalue weighted by atomic mass is 9.82. The molecule has 4 aromatic rings. The third kappa shape index (κ3) is 5.70. The Kier molecular flexibility index (Phi) is 7.71. The number of anilines is 1. The van der Waals surface area contributed by atoms with Gasteiger partial charge in [-0.2, -0.15) is 0 Å². The van der Waals surface area contributed by atoms with Gasteiger partial charge in [-0.05, 0) is 55.2 Å². The summed E-state index contributed by atoms with van der Waals surface area (Å²) in [6, 6.07) is 17.1. The maximum Gasteiger partial charge on any atom is 0.412 e. The van der Waals surface area contributed by atoms with Crippen molar-refractivity contribution in [2.45, 2.75) is 56.7 Å². The van der Waals surface area contributed by atoms with E-state index in [2.05, 4.69) is 20.3 Å². The minimum absolute atomic E-state index is 0.156. The molecule has 1 atom stereocenters. The number of aryl methyl sites for hydroxylation is 1. The van der Waals surface area contributed by atoms with Crippen LogP contribution >= 0.6 is 0 Å². The Hall–Kier alpha value is -5.13. The number of hydrogen-bond acceptors (Lipinski definition) is 7. The first kappa shape index (κ1) is 29.6. The number of rotatable bonds is 5. The highest BCUT2D eigenvalue weighted by Crippen LogP contribution is 2.43. The van der Waals surface area contributed by atoms with E-state index >= 15 is 0 Å². The lowest BCUT2D eigenvalue weighted by Gasteiger charge is -2.44. The second-order valence-electron chi connectivity index (χ2n) is 12.4. The molecule has 3 aliphatic heterocycles. The molecule has 2 saturated heterocycles. The minimum Gasteiger partial charge on any atom is -0.438 e. The van der Waals surface area contributed by atoms with Gasteiger partial charge in [-0.15, -0.1) is 0 Å². The number of nitrogens with one attached hydrogen (secondary N) is 3. The third-order valence-electron chi connectivity index (χ3n) is 9.51. The van der Waals surface area contributed by atoms with Crippen molar-refractivity contribution >= 4 is 34.8 Å². The first-order chi connectivity index (χ1) is 22.3. The van der Waals surface area contributed by atoms with E-state index in [1.54, 1.807) is 16.0 Å². The molecule has 5 heterocycles. The van der Waals surface area contributed by atoms with Gasteiger partial charge in [-0.25, -0.2) is 14.4 Å². The van der Waals surface area contributed by atoms with E-state index in [1.165, 1.54) is 0 Å². The van der Waals surface area contributed by atoms with Crippen LogP contribution in [0.4, 0.5) is 15.3 Å². The number of carbonyl (C=O) groups excluding carboxylic acids is 3. The van der Waals surface area contributed by atoms with Crippen LogP contribution in [0.2, 0.25) is 0 Å². The van der Waals surface area contributed by atoms with Gasteiger partial charge in [0.2, 0.25) is 0 Å². The summed E-state index contributed by atoms with van der Waals surface area (Å²) in [5.74, 6) is 0.0134. The quantitative estimate of drug-likeness (QED) is 0.295. The molecule has 7 rings (SSSR count). The number of fused-ring (bicyclic) bond motifs is 3. The van der Waals surface area contributed by atoms with Gasteiger partial charge in [0.05, 0.1) is 16.7 Å². The molecule has 2 aromatic carbocycles. The van der Waals surface area contributed by atoms with Crippen LogP contribution in [0.3, 0.4) is 0 Å². The minimum atomic E-state index is -1.06. The molecule has 12 heteroatoms. The van der Waals surface area contributed by atoms with Crippen LogP contribution < -0.4 is 11.0 Å². The summed E-state index contributed by atoms with van der Waals surface area (Å²) in [4.78, 5) is 65.4. The Morgan fingerprint density at radius 1 is 1.00 bits per heavy atom. The van der Waals surface area contributed by atoms with Crippen molar-refractivity contribution in [2.75, 3.05) is 31.5 Å². The van der Waals surface area contributed by atoms with Gasteiger partial charge in [0, 0.05) is 68.8 Å². The number of aromatic nitrogens is 3. The van der Waals surface area contributed by atoms with Crippen molar-refractivity contribution in [2.24, 2.45) is 0 Å². The fourth-order valence-electron chi connectivity index (χ4n) is 7.10. The zero-order chi connectivity index (χ0) is 31.8. The van der Waals surface area contributed by atoms with Gasteiger partial charge in [0.1, 0.15) is 5.60 Å². The Morgan fingerprint density at radius 2 is 1.76 bits per heavy atom. The topological polar surface area (TPSA) is 150 Å². The molecule has 2 aromatic heterocycles. The fraction of sp³-hybridized carbons (Fsp3) is 0.382. The van der Waals surface area contributed by atoms with Gasteiger partial charge in [0.15, 0.2) is 6.10 Å². The summed E-state index contributed by atoms with van der Waals surface area (Å²) in [5, 5.41) is 2.75. The second-order valence-corrected chi connectivity index (χ2v) is 12.4. The standard InChI is InChI=1S/C34H36N6O6/c1-21-18-22(19-27-29(21)38-31(42)36-27)20-28(30(41)39-14-9-23(10-15-39)25-7-4-5-13-35-25)45-33(44)40-16-11-34(12-17-40)24-6-2-3-8-26(24)37-32(43)46-34/h2-8,13,18-19,23,28H,9-12,14-17,20H2,1H3,(H,37,43)(H2,36,38,42). The van der Waals surface area contributed by atoms with E-state index < -0.39 is 23.9 Å². The first-order valence-electron chi connectivity index (χ1n) is 15.7. The summed E-state index contributed by atoms with van der Waals surface area (Å²) >= 11 is 0. The van der Waals surface area contributed by atoms with Crippen molar-refractivity contribution in [1.82, 2.24) is 24.8 Å². The number of pyridine rings is 1.